The van der Waals surface area contributed by atoms with Crippen molar-refractivity contribution in [1.82, 2.24) is 0 Å². The summed E-state index contributed by atoms with van der Waals surface area (Å²) in [6, 6.07) is 28.3. The van der Waals surface area contributed by atoms with Crippen LogP contribution in [0.2, 0.25) is 0 Å². The topological polar surface area (TPSA) is 46.2 Å². The van der Waals surface area contributed by atoms with Crippen LogP contribution < -0.4 is 5.32 Å². The molecule has 0 spiro atoms. The van der Waals surface area contributed by atoms with Gasteiger partial charge in [0.25, 0.3) is 0 Å². The molecule has 27 heavy (non-hydrogen) atoms. The number of carbonyl (C=O) groups excluding carboxylic acids is 2. The second kappa shape index (κ2) is 8.95. The number of rotatable bonds is 7. The number of amides is 1. The maximum Gasteiger partial charge on any atom is 0.224 e. The number of para-hydroxylation sites is 1. The summed E-state index contributed by atoms with van der Waals surface area (Å²) in [4.78, 5) is 25.7. The fourth-order valence-corrected chi connectivity index (χ4v) is 3.32. The Morgan fingerprint density at radius 3 is 1.89 bits per heavy atom. The van der Waals surface area contributed by atoms with Crippen LogP contribution in [0.1, 0.15) is 35.2 Å². The molecule has 0 heterocycles. The third-order valence-corrected chi connectivity index (χ3v) is 4.63. The van der Waals surface area contributed by atoms with Crippen molar-refractivity contribution in [2.24, 2.45) is 5.92 Å². The van der Waals surface area contributed by atoms with E-state index in [1.165, 1.54) is 0 Å². The standard InChI is InChI=1S/C24H23NO2/c1-18(17-22(26)25-21-15-9-4-10-16-21)23(19-11-5-2-6-12-19)24(27)20-13-7-3-8-14-20/h2-16,18,23H,17H2,1H3,(H,25,26). The zero-order valence-corrected chi connectivity index (χ0v) is 15.3. The van der Waals surface area contributed by atoms with E-state index >= 15 is 0 Å². The molecule has 0 aliphatic rings. The molecule has 0 aliphatic heterocycles. The number of anilines is 1. The van der Waals surface area contributed by atoms with Gasteiger partial charge >= 0.3 is 0 Å². The van der Waals surface area contributed by atoms with Gasteiger partial charge in [-0.1, -0.05) is 85.8 Å². The van der Waals surface area contributed by atoms with E-state index in [1.54, 1.807) is 0 Å². The minimum absolute atomic E-state index is 0.0433. The van der Waals surface area contributed by atoms with Crippen molar-refractivity contribution in [3.63, 3.8) is 0 Å². The molecule has 0 fully saturated rings. The first-order valence-electron chi connectivity index (χ1n) is 9.14. The van der Waals surface area contributed by atoms with Crippen LogP contribution in [0, 0.1) is 5.92 Å². The summed E-state index contributed by atoms with van der Waals surface area (Å²) in [6.07, 6.45) is 0.271. The normalized spacial score (nSPS) is 12.8. The van der Waals surface area contributed by atoms with Crippen molar-refractivity contribution < 1.29 is 9.59 Å². The number of carbonyl (C=O) groups is 2. The van der Waals surface area contributed by atoms with Gasteiger partial charge in [-0.3, -0.25) is 9.59 Å². The summed E-state index contributed by atoms with van der Waals surface area (Å²) in [6.45, 7) is 1.96. The van der Waals surface area contributed by atoms with Gasteiger partial charge in [0, 0.05) is 17.7 Å². The maximum absolute atomic E-state index is 13.2. The highest BCUT2D eigenvalue weighted by atomic mass is 16.1. The largest absolute Gasteiger partial charge is 0.326 e. The second-order valence-electron chi connectivity index (χ2n) is 6.71. The first-order valence-corrected chi connectivity index (χ1v) is 9.14. The van der Waals surface area contributed by atoms with Crippen molar-refractivity contribution in [3.8, 4) is 0 Å². The zero-order valence-electron chi connectivity index (χ0n) is 15.3. The lowest BCUT2D eigenvalue weighted by Crippen LogP contribution is -2.25. The Balaban J connectivity index is 1.80. The van der Waals surface area contributed by atoms with Gasteiger partial charge in [0.05, 0.1) is 5.92 Å². The predicted octanol–water partition coefficient (Wildman–Crippen LogP) is 5.32. The Morgan fingerprint density at radius 2 is 1.30 bits per heavy atom. The predicted molar refractivity (Wildman–Crippen MR) is 109 cm³/mol. The van der Waals surface area contributed by atoms with E-state index in [9.17, 15) is 9.59 Å². The monoisotopic (exact) mass is 357 g/mol. The molecule has 3 aromatic rings. The molecule has 3 nitrogen and oxygen atoms in total. The molecule has 1 N–H and O–H groups in total. The molecule has 1 amide bonds. The molecule has 0 aromatic heterocycles. The molecule has 2 unspecified atom stereocenters. The third kappa shape index (κ3) is 4.91. The van der Waals surface area contributed by atoms with Crippen LogP contribution in [-0.2, 0) is 4.79 Å². The van der Waals surface area contributed by atoms with Gasteiger partial charge in [0.15, 0.2) is 5.78 Å². The summed E-state index contributed by atoms with van der Waals surface area (Å²) in [5, 5.41) is 2.91. The van der Waals surface area contributed by atoms with E-state index in [-0.39, 0.29) is 29.9 Å². The lowest BCUT2D eigenvalue weighted by atomic mass is 9.80. The van der Waals surface area contributed by atoms with E-state index in [0.29, 0.717) is 5.56 Å². The van der Waals surface area contributed by atoms with Gasteiger partial charge in [-0.25, -0.2) is 0 Å². The average molecular weight is 357 g/mol. The van der Waals surface area contributed by atoms with Gasteiger partial charge in [0.2, 0.25) is 5.91 Å². The van der Waals surface area contributed by atoms with E-state index in [0.717, 1.165) is 11.3 Å². The molecule has 2 atom stereocenters. The Hall–Kier alpha value is -3.20. The van der Waals surface area contributed by atoms with Crippen LogP contribution in [0.3, 0.4) is 0 Å². The number of hydrogen-bond donors (Lipinski definition) is 1. The fraction of sp³-hybridized carbons (Fsp3) is 0.167. The molecule has 136 valence electrons. The lowest BCUT2D eigenvalue weighted by molar-refractivity contribution is -0.117. The van der Waals surface area contributed by atoms with Gasteiger partial charge < -0.3 is 5.32 Å². The summed E-state index contributed by atoms with van der Waals surface area (Å²) >= 11 is 0. The van der Waals surface area contributed by atoms with Crippen LogP contribution in [0.5, 0.6) is 0 Å². The number of hydrogen-bond acceptors (Lipinski definition) is 2. The van der Waals surface area contributed by atoms with Crippen molar-refractivity contribution in [1.29, 1.82) is 0 Å². The fourth-order valence-electron chi connectivity index (χ4n) is 3.32. The van der Waals surface area contributed by atoms with Crippen molar-refractivity contribution in [3.05, 3.63) is 102 Å². The molecule has 0 saturated carbocycles. The smallest absolute Gasteiger partial charge is 0.224 e. The molecule has 3 heteroatoms. The Bertz CT molecular complexity index is 876. The Morgan fingerprint density at radius 1 is 0.778 bits per heavy atom. The highest BCUT2D eigenvalue weighted by Gasteiger charge is 2.29. The quantitative estimate of drug-likeness (QED) is 0.582. The molecular formula is C24H23NO2. The van der Waals surface area contributed by atoms with E-state index in [2.05, 4.69) is 5.32 Å². The summed E-state index contributed by atoms with van der Waals surface area (Å²) in [7, 11) is 0. The summed E-state index contributed by atoms with van der Waals surface area (Å²) in [5.41, 5.74) is 2.37. The SMILES string of the molecule is CC(CC(=O)Nc1ccccc1)C(C(=O)c1ccccc1)c1ccccc1. The highest BCUT2D eigenvalue weighted by Crippen LogP contribution is 2.31. The van der Waals surface area contributed by atoms with Crippen LogP contribution in [0.4, 0.5) is 5.69 Å². The van der Waals surface area contributed by atoms with Gasteiger partial charge in [0.1, 0.15) is 0 Å². The first-order chi connectivity index (χ1) is 13.1. The van der Waals surface area contributed by atoms with E-state index in [4.69, 9.17) is 0 Å². The van der Waals surface area contributed by atoms with Crippen molar-refractivity contribution in [2.75, 3.05) is 5.32 Å². The summed E-state index contributed by atoms with van der Waals surface area (Å²) in [5.74, 6) is -0.545. The Labute approximate surface area is 160 Å². The molecule has 0 aliphatic carbocycles. The lowest BCUT2D eigenvalue weighted by Gasteiger charge is -2.23. The molecular weight excluding hydrogens is 334 g/mol. The number of benzene rings is 3. The van der Waals surface area contributed by atoms with Crippen LogP contribution in [0.15, 0.2) is 91.0 Å². The minimum atomic E-state index is -0.366. The van der Waals surface area contributed by atoms with E-state index < -0.39 is 0 Å². The highest BCUT2D eigenvalue weighted by molar-refractivity contribution is 6.01. The van der Waals surface area contributed by atoms with Gasteiger partial charge in [-0.2, -0.15) is 0 Å². The third-order valence-electron chi connectivity index (χ3n) is 4.63. The minimum Gasteiger partial charge on any atom is -0.326 e. The van der Waals surface area contributed by atoms with E-state index in [1.807, 2.05) is 97.9 Å². The van der Waals surface area contributed by atoms with Crippen LogP contribution >= 0.6 is 0 Å². The van der Waals surface area contributed by atoms with Crippen molar-refractivity contribution in [2.45, 2.75) is 19.3 Å². The zero-order chi connectivity index (χ0) is 19.1. The second-order valence-corrected chi connectivity index (χ2v) is 6.71. The average Bonchev–Trinajstić information content (AvgIpc) is 2.70. The number of Topliss-reactive ketones (excluding diaryl/α,β-unsaturated/α-hetero) is 1. The van der Waals surface area contributed by atoms with Gasteiger partial charge in [-0.05, 0) is 23.6 Å². The molecule has 0 radical (unpaired) electrons. The maximum atomic E-state index is 13.2. The summed E-state index contributed by atoms with van der Waals surface area (Å²) < 4.78 is 0. The molecule has 3 aromatic carbocycles. The molecule has 0 bridgehead atoms. The Kier molecular flexibility index (Phi) is 6.16. The number of ketones is 1. The van der Waals surface area contributed by atoms with Crippen molar-refractivity contribution >= 4 is 17.4 Å². The molecule has 3 rings (SSSR count). The number of nitrogens with one attached hydrogen (secondary N) is 1. The van der Waals surface area contributed by atoms with Gasteiger partial charge in [-0.15, -0.1) is 0 Å². The van der Waals surface area contributed by atoms with Crippen LogP contribution in [0.25, 0.3) is 0 Å². The van der Waals surface area contributed by atoms with Crippen LogP contribution in [-0.4, -0.2) is 11.7 Å². The molecule has 0 saturated heterocycles. The first kappa shape index (κ1) is 18.6.